The second-order valence-electron chi connectivity index (χ2n) is 4.23. The summed E-state index contributed by atoms with van der Waals surface area (Å²) in [5.41, 5.74) is 5.67. The van der Waals surface area contributed by atoms with E-state index in [4.69, 9.17) is 10.3 Å². The van der Waals surface area contributed by atoms with Gasteiger partial charge in [-0.1, -0.05) is 6.07 Å². The first-order chi connectivity index (χ1) is 8.54. The van der Waals surface area contributed by atoms with Crippen molar-refractivity contribution < 1.29 is 8.81 Å². The maximum atomic E-state index is 14.1. The zero-order valence-corrected chi connectivity index (χ0v) is 11.7. The van der Waals surface area contributed by atoms with Crippen molar-refractivity contribution >= 4 is 15.9 Å². The quantitative estimate of drug-likeness (QED) is 0.675. The van der Waals surface area contributed by atoms with E-state index >= 15 is 0 Å². The Morgan fingerprint density at radius 3 is 2.61 bits per heavy atom. The van der Waals surface area contributed by atoms with Crippen LogP contribution in [0.4, 0.5) is 4.39 Å². The number of hydrazine groups is 1. The van der Waals surface area contributed by atoms with Gasteiger partial charge in [-0.2, -0.15) is 0 Å². The minimum Gasteiger partial charge on any atom is -0.457 e. The maximum Gasteiger partial charge on any atom is 0.174 e. The van der Waals surface area contributed by atoms with E-state index in [9.17, 15) is 4.39 Å². The van der Waals surface area contributed by atoms with Gasteiger partial charge in [0.05, 0.1) is 12.3 Å². The van der Waals surface area contributed by atoms with Crippen LogP contribution in [0, 0.1) is 19.7 Å². The van der Waals surface area contributed by atoms with E-state index in [1.165, 1.54) is 12.3 Å². The van der Waals surface area contributed by atoms with Crippen LogP contribution < -0.4 is 11.3 Å². The van der Waals surface area contributed by atoms with Crippen LogP contribution in [0.25, 0.3) is 0 Å². The van der Waals surface area contributed by atoms with Crippen LogP contribution in [-0.2, 0) is 0 Å². The Labute approximate surface area is 113 Å². The second kappa shape index (κ2) is 5.22. The molecule has 3 N–H and O–H groups in total. The molecule has 1 aromatic heterocycles. The van der Waals surface area contributed by atoms with Gasteiger partial charge >= 0.3 is 0 Å². The van der Waals surface area contributed by atoms with Crippen molar-refractivity contribution in [3.63, 3.8) is 0 Å². The number of rotatable bonds is 3. The first-order valence-electron chi connectivity index (χ1n) is 5.50. The Morgan fingerprint density at radius 2 is 2.11 bits per heavy atom. The third-order valence-corrected chi connectivity index (χ3v) is 3.54. The minimum absolute atomic E-state index is 0.274. The average Bonchev–Trinajstić information content (AvgIpc) is 2.69. The normalized spacial score (nSPS) is 12.7. The molecule has 0 radical (unpaired) electrons. The fourth-order valence-corrected chi connectivity index (χ4v) is 2.60. The molecule has 3 nitrogen and oxygen atoms in total. The number of benzene rings is 1. The predicted molar refractivity (Wildman–Crippen MR) is 71.4 cm³/mol. The van der Waals surface area contributed by atoms with Gasteiger partial charge in [-0.15, -0.1) is 0 Å². The van der Waals surface area contributed by atoms with Crippen LogP contribution in [0.2, 0.25) is 0 Å². The second-order valence-corrected chi connectivity index (χ2v) is 4.95. The lowest BCUT2D eigenvalue weighted by atomic mass is 9.95. The summed E-state index contributed by atoms with van der Waals surface area (Å²) in [5.74, 6) is 5.29. The van der Waals surface area contributed by atoms with Gasteiger partial charge in [0.1, 0.15) is 5.82 Å². The van der Waals surface area contributed by atoms with E-state index in [2.05, 4.69) is 21.4 Å². The third-order valence-electron chi connectivity index (χ3n) is 2.89. The lowest BCUT2D eigenvalue weighted by Gasteiger charge is -2.19. The molecule has 96 valence electrons. The average molecular weight is 313 g/mol. The van der Waals surface area contributed by atoms with E-state index in [-0.39, 0.29) is 5.82 Å². The fourth-order valence-electron chi connectivity index (χ4n) is 2.13. The lowest BCUT2D eigenvalue weighted by Crippen LogP contribution is -2.30. The molecule has 5 heteroatoms. The molecule has 0 aliphatic heterocycles. The first kappa shape index (κ1) is 13.3. The van der Waals surface area contributed by atoms with Gasteiger partial charge < -0.3 is 4.42 Å². The van der Waals surface area contributed by atoms with Crippen LogP contribution in [-0.4, -0.2) is 0 Å². The van der Waals surface area contributed by atoms with E-state index in [1.807, 2.05) is 19.9 Å². The zero-order chi connectivity index (χ0) is 13.3. The number of nitrogens with two attached hydrogens (primary N) is 1. The summed E-state index contributed by atoms with van der Waals surface area (Å²) in [6.07, 6.45) is 1.53. The summed E-state index contributed by atoms with van der Waals surface area (Å²) in [6.45, 7) is 3.72. The summed E-state index contributed by atoms with van der Waals surface area (Å²) < 4.78 is 19.8. The molecular formula is C13H14BrFN2O. The highest BCUT2D eigenvalue weighted by molar-refractivity contribution is 9.10. The van der Waals surface area contributed by atoms with E-state index in [0.717, 1.165) is 16.7 Å². The molecule has 1 heterocycles. The molecule has 0 saturated carbocycles. The van der Waals surface area contributed by atoms with Crippen LogP contribution in [0.3, 0.4) is 0 Å². The molecule has 1 unspecified atom stereocenters. The molecule has 2 aromatic rings. The Hall–Kier alpha value is -1.17. The van der Waals surface area contributed by atoms with Crippen LogP contribution in [0.5, 0.6) is 0 Å². The van der Waals surface area contributed by atoms with Crippen molar-refractivity contribution in [2.24, 2.45) is 5.84 Å². The summed E-state index contributed by atoms with van der Waals surface area (Å²) in [5, 5.41) is 0. The molecule has 1 atom stereocenters. The van der Waals surface area contributed by atoms with Gasteiger partial charge in [-0.3, -0.25) is 5.84 Å². The first-order valence-corrected chi connectivity index (χ1v) is 6.29. The molecule has 0 amide bonds. The number of furan rings is 1. The highest BCUT2D eigenvalue weighted by Crippen LogP contribution is 2.32. The summed E-state index contributed by atoms with van der Waals surface area (Å²) in [4.78, 5) is 0. The molecule has 0 aliphatic carbocycles. The maximum absolute atomic E-state index is 14.1. The van der Waals surface area contributed by atoms with Gasteiger partial charge in [-0.05, 0) is 53.0 Å². The smallest absolute Gasteiger partial charge is 0.174 e. The Bertz CT molecular complexity index is 545. The highest BCUT2D eigenvalue weighted by Gasteiger charge is 2.22. The third kappa shape index (κ3) is 2.34. The molecule has 2 rings (SSSR count). The molecule has 0 spiro atoms. The highest BCUT2D eigenvalue weighted by atomic mass is 79.9. The zero-order valence-electron chi connectivity index (χ0n) is 10.1. The lowest BCUT2D eigenvalue weighted by molar-refractivity contribution is 0.517. The van der Waals surface area contributed by atoms with Crippen molar-refractivity contribution in [1.82, 2.24) is 5.43 Å². The number of hydrogen-bond acceptors (Lipinski definition) is 3. The largest absolute Gasteiger partial charge is 0.457 e. The Kier molecular flexibility index (Phi) is 3.85. The van der Waals surface area contributed by atoms with E-state index in [1.54, 1.807) is 6.07 Å². The molecule has 0 aliphatic rings. The molecule has 1 aromatic carbocycles. The van der Waals surface area contributed by atoms with Crippen molar-refractivity contribution in [3.8, 4) is 0 Å². The monoisotopic (exact) mass is 312 g/mol. The summed E-state index contributed by atoms with van der Waals surface area (Å²) in [7, 11) is 0. The van der Waals surface area contributed by atoms with Gasteiger partial charge in [0.25, 0.3) is 0 Å². The molecule has 18 heavy (non-hydrogen) atoms. The van der Waals surface area contributed by atoms with Gasteiger partial charge in [0.15, 0.2) is 4.67 Å². The number of hydrogen-bond donors (Lipinski definition) is 2. The molecule has 0 saturated heterocycles. The molecule has 0 bridgehead atoms. The minimum atomic E-state index is -0.446. The molecule has 0 fully saturated rings. The number of halogens is 2. The standard InChI is InChI=1S/C13H14BrFN2O/c1-7-5-8(2)11(10(15)6-7)12(17-16)9-3-4-18-13(9)14/h3-6,12,17H,16H2,1-2H3. The van der Waals surface area contributed by atoms with Gasteiger partial charge in [0, 0.05) is 11.1 Å². The predicted octanol–water partition coefficient (Wildman–Crippen LogP) is 3.35. The van der Waals surface area contributed by atoms with Crippen LogP contribution in [0.1, 0.15) is 28.3 Å². The van der Waals surface area contributed by atoms with Gasteiger partial charge in [0.2, 0.25) is 0 Å². The summed E-state index contributed by atoms with van der Waals surface area (Å²) >= 11 is 3.28. The Balaban J connectivity index is 2.56. The van der Waals surface area contributed by atoms with Crippen LogP contribution in [0.15, 0.2) is 33.5 Å². The molecular weight excluding hydrogens is 299 g/mol. The van der Waals surface area contributed by atoms with E-state index in [0.29, 0.717) is 10.2 Å². The van der Waals surface area contributed by atoms with Crippen molar-refractivity contribution in [2.45, 2.75) is 19.9 Å². The van der Waals surface area contributed by atoms with Crippen molar-refractivity contribution in [1.29, 1.82) is 0 Å². The summed E-state index contributed by atoms with van der Waals surface area (Å²) in [6, 6.07) is 4.74. The SMILES string of the molecule is Cc1cc(C)c(C(NN)c2ccoc2Br)c(F)c1. The Morgan fingerprint density at radius 1 is 1.39 bits per heavy atom. The van der Waals surface area contributed by atoms with Crippen LogP contribution >= 0.6 is 15.9 Å². The topological polar surface area (TPSA) is 51.2 Å². The van der Waals surface area contributed by atoms with Gasteiger partial charge in [-0.25, -0.2) is 9.82 Å². The van der Waals surface area contributed by atoms with E-state index < -0.39 is 6.04 Å². The van der Waals surface area contributed by atoms with Crippen molar-refractivity contribution in [2.75, 3.05) is 0 Å². The number of aryl methyl sites for hydroxylation is 2. The fraction of sp³-hybridized carbons (Fsp3) is 0.231. The van der Waals surface area contributed by atoms with Crippen molar-refractivity contribution in [3.05, 3.63) is 57.2 Å². The number of nitrogens with one attached hydrogen (secondary N) is 1.